The molecule has 0 amide bonds. The molecule has 1 N–H and O–H groups in total. The molecule has 0 saturated carbocycles. The van der Waals surface area contributed by atoms with E-state index >= 15 is 0 Å². The number of para-hydroxylation sites is 1. The van der Waals surface area contributed by atoms with Crippen LogP contribution in [0.3, 0.4) is 0 Å². The van der Waals surface area contributed by atoms with Gasteiger partial charge in [0.25, 0.3) is 0 Å². The van der Waals surface area contributed by atoms with E-state index in [1.165, 1.54) is 38.6 Å². The number of hydrogen-bond donors (Lipinski definition) is 1. The van der Waals surface area contributed by atoms with Crippen LogP contribution in [0.4, 0.5) is 0 Å². The Hall–Kier alpha value is -5.03. The molecule has 0 unspecified atom stereocenters. The maximum Gasteiger partial charge on any atom is 0.164 e. The first kappa shape index (κ1) is 22.0. The number of rotatable bonds is 3. The third-order valence-corrected chi connectivity index (χ3v) is 8.06. The third kappa shape index (κ3) is 3.16. The van der Waals surface area contributed by atoms with E-state index in [9.17, 15) is 0 Å². The van der Waals surface area contributed by atoms with E-state index in [-0.39, 0.29) is 5.41 Å². The van der Waals surface area contributed by atoms with Gasteiger partial charge in [-0.15, -0.1) is 0 Å². The van der Waals surface area contributed by atoms with Gasteiger partial charge in [-0.05, 0) is 23.8 Å². The van der Waals surface area contributed by atoms with Crippen molar-refractivity contribution in [3.8, 4) is 39.9 Å². The Labute approximate surface area is 225 Å². The summed E-state index contributed by atoms with van der Waals surface area (Å²) >= 11 is 0. The Balaban J connectivity index is 1.39. The van der Waals surface area contributed by atoms with Crippen molar-refractivity contribution >= 4 is 21.8 Å². The van der Waals surface area contributed by atoms with E-state index in [0.717, 1.165) is 16.7 Å². The van der Waals surface area contributed by atoms with Crippen molar-refractivity contribution in [3.63, 3.8) is 0 Å². The minimum Gasteiger partial charge on any atom is -0.365 e. The van der Waals surface area contributed by atoms with E-state index in [1.807, 2.05) is 60.7 Å². The van der Waals surface area contributed by atoms with Crippen LogP contribution in [0, 0.1) is 0 Å². The molecular weight excluding hydrogens is 478 g/mol. The molecule has 39 heavy (non-hydrogen) atoms. The van der Waals surface area contributed by atoms with E-state index in [1.54, 1.807) is 0 Å². The molecule has 3 aromatic heterocycles. The van der Waals surface area contributed by atoms with Crippen LogP contribution >= 0.6 is 0 Å². The lowest BCUT2D eigenvalue weighted by Crippen LogP contribution is -2.24. The minimum absolute atomic E-state index is 0.0918. The molecule has 5 nitrogen and oxygen atoms in total. The lowest BCUT2D eigenvalue weighted by Gasteiger charge is -2.32. The van der Waals surface area contributed by atoms with Gasteiger partial charge in [0.05, 0.1) is 16.7 Å². The van der Waals surface area contributed by atoms with Gasteiger partial charge in [-0.2, -0.15) is 0 Å². The molecule has 7 aromatic rings. The van der Waals surface area contributed by atoms with Gasteiger partial charge in [-0.3, -0.25) is 0 Å². The summed E-state index contributed by atoms with van der Waals surface area (Å²) in [5.41, 5.74) is 9.11. The predicted molar refractivity (Wildman–Crippen MR) is 157 cm³/mol. The summed E-state index contributed by atoms with van der Waals surface area (Å²) in [5, 5.41) is 2.43. The number of benzene rings is 4. The zero-order chi connectivity index (χ0) is 26.1. The maximum absolute atomic E-state index is 4.96. The summed E-state index contributed by atoms with van der Waals surface area (Å²) in [6, 6.07) is 33.5. The predicted octanol–water partition coefficient (Wildman–Crippen LogP) is 7.94. The number of H-pyrrole nitrogens is 1. The summed E-state index contributed by atoms with van der Waals surface area (Å²) in [5.74, 6) is 2.00. The molecule has 1 aliphatic heterocycles. The molecule has 4 aromatic carbocycles. The van der Waals surface area contributed by atoms with Gasteiger partial charge in [0.15, 0.2) is 17.5 Å². The van der Waals surface area contributed by atoms with Gasteiger partial charge in [-0.25, -0.2) is 15.0 Å². The smallest absolute Gasteiger partial charge is 0.164 e. The van der Waals surface area contributed by atoms with E-state index in [2.05, 4.69) is 72.2 Å². The van der Waals surface area contributed by atoms with Gasteiger partial charge < -0.3 is 9.55 Å². The topological polar surface area (TPSA) is 59.4 Å². The van der Waals surface area contributed by atoms with Crippen LogP contribution in [0.1, 0.15) is 25.0 Å². The van der Waals surface area contributed by atoms with Gasteiger partial charge >= 0.3 is 0 Å². The van der Waals surface area contributed by atoms with Crippen LogP contribution in [0.25, 0.3) is 61.7 Å². The van der Waals surface area contributed by atoms with Crippen LogP contribution in [-0.2, 0) is 5.41 Å². The van der Waals surface area contributed by atoms with Crippen LogP contribution < -0.4 is 0 Å². The molecule has 8 rings (SSSR count). The summed E-state index contributed by atoms with van der Waals surface area (Å²) in [6.07, 6.45) is 4.25. The first-order valence-corrected chi connectivity index (χ1v) is 13.2. The highest BCUT2D eigenvalue weighted by molar-refractivity contribution is 6.12. The Kier molecular flexibility index (Phi) is 4.50. The molecular formula is C34H25N5. The lowest BCUT2D eigenvalue weighted by molar-refractivity contribution is 0.632. The van der Waals surface area contributed by atoms with Crippen LogP contribution in [0.2, 0.25) is 0 Å². The largest absolute Gasteiger partial charge is 0.365 e. The van der Waals surface area contributed by atoms with Crippen LogP contribution in [-0.4, -0.2) is 24.5 Å². The van der Waals surface area contributed by atoms with Crippen LogP contribution in [0.5, 0.6) is 0 Å². The van der Waals surface area contributed by atoms with Crippen molar-refractivity contribution in [2.24, 2.45) is 0 Å². The second-order valence-corrected chi connectivity index (χ2v) is 10.7. The first-order valence-electron chi connectivity index (χ1n) is 13.2. The molecule has 0 bridgehead atoms. The van der Waals surface area contributed by atoms with Crippen molar-refractivity contribution in [1.82, 2.24) is 24.5 Å². The average Bonchev–Trinajstić information content (AvgIpc) is 3.61. The Morgan fingerprint density at radius 3 is 1.90 bits per heavy atom. The van der Waals surface area contributed by atoms with E-state index in [4.69, 9.17) is 15.0 Å². The van der Waals surface area contributed by atoms with E-state index < -0.39 is 0 Å². The van der Waals surface area contributed by atoms with Gasteiger partial charge in [0.2, 0.25) is 0 Å². The maximum atomic E-state index is 4.96. The Morgan fingerprint density at radius 2 is 1.23 bits per heavy atom. The zero-order valence-electron chi connectivity index (χ0n) is 21.7. The molecule has 4 heterocycles. The van der Waals surface area contributed by atoms with Crippen molar-refractivity contribution in [2.45, 2.75) is 19.3 Å². The summed E-state index contributed by atoms with van der Waals surface area (Å²) < 4.78 is 2.40. The summed E-state index contributed by atoms with van der Waals surface area (Å²) in [6.45, 7) is 4.62. The standard InChI is InChI=1S/C34H25N5/c1-34(2)26-15-9-14-24-25-18-23(16-17-28(25)39(30(24)26)29-20-35-19-27(29)34)33-37-31(21-10-5-3-6-11-21)36-32(38-33)22-12-7-4-8-13-22/h3-20,35H,1-2H3. The van der Waals surface area contributed by atoms with Gasteiger partial charge in [0, 0.05) is 50.8 Å². The van der Waals surface area contributed by atoms with Gasteiger partial charge in [0.1, 0.15) is 0 Å². The van der Waals surface area contributed by atoms with Crippen LogP contribution in [0.15, 0.2) is 109 Å². The second-order valence-electron chi connectivity index (χ2n) is 10.7. The molecule has 0 spiro atoms. The molecule has 0 saturated heterocycles. The highest BCUT2D eigenvalue weighted by atomic mass is 15.0. The first-order chi connectivity index (χ1) is 19.1. The van der Waals surface area contributed by atoms with Crippen molar-refractivity contribution in [2.75, 3.05) is 0 Å². The van der Waals surface area contributed by atoms with Crippen molar-refractivity contribution in [3.05, 3.63) is 121 Å². The number of nitrogens with one attached hydrogen (secondary N) is 1. The molecule has 0 atom stereocenters. The molecule has 0 radical (unpaired) electrons. The SMILES string of the molecule is CC1(C)c2c[nH]cc2-n2c3ccc(-c4nc(-c5ccccc5)nc(-c5ccccc5)n4)cc3c3cccc1c32. The molecule has 0 aliphatic carbocycles. The highest BCUT2D eigenvalue weighted by Gasteiger charge is 2.35. The van der Waals surface area contributed by atoms with Gasteiger partial charge in [-0.1, -0.05) is 92.7 Å². The van der Waals surface area contributed by atoms with Crippen molar-refractivity contribution < 1.29 is 0 Å². The van der Waals surface area contributed by atoms with E-state index in [0.29, 0.717) is 17.5 Å². The highest BCUT2D eigenvalue weighted by Crippen LogP contribution is 2.47. The Bertz CT molecular complexity index is 1970. The molecule has 0 fully saturated rings. The number of aromatic nitrogens is 5. The summed E-state index contributed by atoms with van der Waals surface area (Å²) in [4.78, 5) is 18.1. The molecule has 186 valence electrons. The zero-order valence-corrected chi connectivity index (χ0v) is 21.7. The second kappa shape index (κ2) is 7.98. The number of fused-ring (bicyclic) bond motifs is 5. The number of hydrogen-bond acceptors (Lipinski definition) is 3. The molecule has 5 heteroatoms. The quantitative estimate of drug-likeness (QED) is 0.266. The number of aromatic amines is 1. The fourth-order valence-electron chi connectivity index (χ4n) is 6.09. The third-order valence-electron chi connectivity index (χ3n) is 8.06. The number of nitrogens with zero attached hydrogens (tertiary/aromatic N) is 4. The monoisotopic (exact) mass is 503 g/mol. The lowest BCUT2D eigenvalue weighted by atomic mass is 9.76. The average molecular weight is 504 g/mol. The molecule has 1 aliphatic rings. The summed E-state index contributed by atoms with van der Waals surface area (Å²) in [7, 11) is 0. The fraction of sp³-hybridized carbons (Fsp3) is 0.0882. The fourth-order valence-corrected chi connectivity index (χ4v) is 6.09. The van der Waals surface area contributed by atoms with Crippen molar-refractivity contribution in [1.29, 1.82) is 0 Å². The Morgan fingerprint density at radius 1 is 0.590 bits per heavy atom. The minimum atomic E-state index is -0.0918. The normalized spacial score (nSPS) is 13.6.